The van der Waals surface area contributed by atoms with Gasteiger partial charge in [-0.3, -0.25) is 4.79 Å². The first kappa shape index (κ1) is 21.9. The average Bonchev–Trinajstić information content (AvgIpc) is 2.90. The van der Waals surface area contributed by atoms with Gasteiger partial charge in [-0.2, -0.15) is 0 Å². The van der Waals surface area contributed by atoms with Gasteiger partial charge in [-0.1, -0.05) is 31.0 Å². The molecule has 2 rings (SSSR count). The molecule has 1 aromatic rings. The summed E-state index contributed by atoms with van der Waals surface area (Å²) in [5.74, 6) is -0.212. The Labute approximate surface area is 156 Å². The van der Waals surface area contributed by atoms with Gasteiger partial charge in [0.25, 0.3) is 0 Å². The van der Waals surface area contributed by atoms with Gasteiger partial charge in [-0.05, 0) is 45.2 Å². The normalized spacial score (nSPS) is 17.0. The van der Waals surface area contributed by atoms with E-state index in [9.17, 15) is 13.2 Å². The highest BCUT2D eigenvalue weighted by Crippen LogP contribution is 2.27. The van der Waals surface area contributed by atoms with Crippen molar-refractivity contribution in [2.24, 2.45) is 5.73 Å². The second kappa shape index (κ2) is 8.03. The molecule has 0 atom stereocenters. The molecular weight excluding hydrogens is 362 g/mol. The predicted octanol–water partition coefficient (Wildman–Crippen LogP) is 2.07. The maximum Gasteiger partial charge on any atom is 0.241 e. The summed E-state index contributed by atoms with van der Waals surface area (Å²) in [6.07, 6.45) is 3.24. The average molecular weight is 390 g/mol. The molecule has 0 aliphatic heterocycles. The Bertz CT molecular complexity index is 708. The number of sulfonamides is 1. The first-order chi connectivity index (χ1) is 11.0. The van der Waals surface area contributed by atoms with Gasteiger partial charge < -0.3 is 11.1 Å². The Hall–Kier alpha value is -1.15. The van der Waals surface area contributed by atoms with Crippen molar-refractivity contribution in [3.63, 3.8) is 0 Å². The van der Waals surface area contributed by atoms with E-state index in [0.29, 0.717) is 18.4 Å². The molecule has 142 valence electrons. The van der Waals surface area contributed by atoms with Gasteiger partial charge in [-0.25, -0.2) is 13.1 Å². The standard InChI is InChI=1S/C17H27N3O3S.ClH/c1-16(2,3)20-24(22,23)14-9-5-4-8-13(14)12-19-15(21)17(18)10-6-7-11-17;/h4-5,8-9,20H,6-7,10-12,18H2,1-3H3,(H,19,21);1H. The summed E-state index contributed by atoms with van der Waals surface area (Å²) in [5, 5.41) is 2.80. The van der Waals surface area contributed by atoms with Crippen molar-refractivity contribution in [2.75, 3.05) is 0 Å². The van der Waals surface area contributed by atoms with Gasteiger partial charge in [0.1, 0.15) is 0 Å². The van der Waals surface area contributed by atoms with E-state index in [0.717, 1.165) is 12.8 Å². The first-order valence-corrected chi connectivity index (χ1v) is 9.71. The summed E-state index contributed by atoms with van der Waals surface area (Å²) in [6, 6.07) is 6.67. The second-order valence-corrected chi connectivity index (χ2v) is 9.16. The molecule has 1 saturated carbocycles. The van der Waals surface area contributed by atoms with Crippen LogP contribution in [-0.2, 0) is 21.4 Å². The zero-order valence-electron chi connectivity index (χ0n) is 15.0. The first-order valence-electron chi connectivity index (χ1n) is 8.23. The van der Waals surface area contributed by atoms with Crippen molar-refractivity contribution in [1.29, 1.82) is 0 Å². The van der Waals surface area contributed by atoms with Crippen LogP contribution in [0.3, 0.4) is 0 Å². The smallest absolute Gasteiger partial charge is 0.241 e. The van der Waals surface area contributed by atoms with Crippen LogP contribution in [0.15, 0.2) is 29.2 Å². The van der Waals surface area contributed by atoms with Crippen LogP contribution in [-0.4, -0.2) is 25.4 Å². The third kappa shape index (κ3) is 5.67. The lowest BCUT2D eigenvalue weighted by Gasteiger charge is -2.24. The summed E-state index contributed by atoms with van der Waals surface area (Å²) < 4.78 is 27.8. The molecule has 1 aromatic carbocycles. The molecule has 1 amide bonds. The van der Waals surface area contributed by atoms with Gasteiger partial charge in [0.2, 0.25) is 15.9 Å². The van der Waals surface area contributed by atoms with Crippen molar-refractivity contribution >= 4 is 28.3 Å². The van der Waals surface area contributed by atoms with Crippen molar-refractivity contribution < 1.29 is 13.2 Å². The Morgan fingerprint density at radius 2 is 1.76 bits per heavy atom. The maximum atomic E-state index is 12.6. The molecule has 1 aliphatic rings. The van der Waals surface area contributed by atoms with Crippen LogP contribution in [0.1, 0.15) is 52.0 Å². The number of benzene rings is 1. The number of nitrogens with one attached hydrogen (secondary N) is 2. The van der Waals surface area contributed by atoms with Crippen LogP contribution in [0.5, 0.6) is 0 Å². The number of carbonyl (C=O) groups excluding carboxylic acids is 1. The summed E-state index contributed by atoms with van der Waals surface area (Å²) in [7, 11) is -3.66. The van der Waals surface area contributed by atoms with E-state index < -0.39 is 21.1 Å². The lowest BCUT2D eigenvalue weighted by molar-refractivity contribution is -0.126. The lowest BCUT2D eigenvalue weighted by Crippen LogP contribution is -2.51. The highest BCUT2D eigenvalue weighted by molar-refractivity contribution is 7.89. The molecule has 1 aliphatic carbocycles. The number of carbonyl (C=O) groups is 1. The fourth-order valence-corrected chi connectivity index (χ4v) is 4.61. The van der Waals surface area contributed by atoms with Crippen LogP contribution < -0.4 is 15.8 Å². The molecule has 0 radical (unpaired) electrons. The molecule has 0 aromatic heterocycles. The van der Waals surface area contributed by atoms with Gasteiger partial charge in [-0.15, -0.1) is 12.4 Å². The maximum absolute atomic E-state index is 12.6. The zero-order chi connectivity index (χ0) is 18.0. The SMILES string of the molecule is CC(C)(C)NS(=O)(=O)c1ccccc1CNC(=O)C1(N)CCCC1.Cl. The van der Waals surface area contributed by atoms with E-state index in [1.807, 2.05) is 0 Å². The predicted molar refractivity (Wildman–Crippen MR) is 101 cm³/mol. The highest BCUT2D eigenvalue weighted by Gasteiger charge is 2.36. The van der Waals surface area contributed by atoms with E-state index in [4.69, 9.17) is 5.73 Å². The van der Waals surface area contributed by atoms with Crippen LogP contribution >= 0.6 is 12.4 Å². The molecule has 0 bridgehead atoms. The number of amides is 1. The molecule has 25 heavy (non-hydrogen) atoms. The van der Waals surface area contributed by atoms with Gasteiger partial charge in [0.15, 0.2) is 0 Å². The monoisotopic (exact) mass is 389 g/mol. The minimum atomic E-state index is -3.66. The van der Waals surface area contributed by atoms with Crippen LogP contribution in [0.25, 0.3) is 0 Å². The van der Waals surface area contributed by atoms with E-state index in [-0.39, 0.29) is 29.8 Å². The van der Waals surface area contributed by atoms with Gasteiger partial charge >= 0.3 is 0 Å². The minimum Gasteiger partial charge on any atom is -0.350 e. The number of hydrogen-bond acceptors (Lipinski definition) is 4. The van der Waals surface area contributed by atoms with Crippen molar-refractivity contribution in [2.45, 2.75) is 69.0 Å². The fraction of sp³-hybridized carbons (Fsp3) is 0.588. The van der Waals surface area contributed by atoms with Crippen LogP contribution in [0.4, 0.5) is 0 Å². The van der Waals surface area contributed by atoms with Gasteiger partial charge in [0, 0.05) is 12.1 Å². The molecule has 0 heterocycles. The third-order valence-corrected chi connectivity index (χ3v) is 5.95. The van der Waals surface area contributed by atoms with Crippen molar-refractivity contribution in [1.82, 2.24) is 10.0 Å². The second-order valence-electron chi connectivity index (χ2n) is 7.51. The molecule has 4 N–H and O–H groups in total. The van der Waals surface area contributed by atoms with E-state index >= 15 is 0 Å². The molecule has 6 nitrogen and oxygen atoms in total. The number of rotatable bonds is 5. The Morgan fingerprint density at radius 3 is 2.32 bits per heavy atom. The molecular formula is C17H28ClN3O3S. The van der Waals surface area contributed by atoms with Crippen LogP contribution in [0.2, 0.25) is 0 Å². The molecule has 0 saturated heterocycles. The highest BCUT2D eigenvalue weighted by atomic mass is 35.5. The summed E-state index contributed by atoms with van der Waals surface area (Å²) >= 11 is 0. The van der Waals surface area contributed by atoms with Gasteiger partial charge in [0.05, 0.1) is 10.4 Å². The summed E-state index contributed by atoms with van der Waals surface area (Å²) in [4.78, 5) is 12.5. The van der Waals surface area contributed by atoms with Crippen LogP contribution in [0, 0.1) is 0 Å². The Balaban J connectivity index is 0.00000312. The zero-order valence-corrected chi connectivity index (χ0v) is 16.6. The third-order valence-electron chi connectivity index (χ3n) is 4.09. The topological polar surface area (TPSA) is 101 Å². The number of halogens is 1. The quantitative estimate of drug-likeness (QED) is 0.717. The van der Waals surface area contributed by atoms with E-state index in [1.165, 1.54) is 0 Å². The van der Waals surface area contributed by atoms with E-state index in [2.05, 4.69) is 10.0 Å². The molecule has 1 fully saturated rings. The van der Waals surface area contributed by atoms with Crippen molar-refractivity contribution in [3.05, 3.63) is 29.8 Å². The molecule has 8 heteroatoms. The lowest BCUT2D eigenvalue weighted by atomic mass is 9.98. The molecule has 0 unspecified atom stereocenters. The van der Waals surface area contributed by atoms with E-state index in [1.54, 1.807) is 45.0 Å². The molecule has 0 spiro atoms. The Kier molecular flexibility index (Phi) is 7.03. The minimum absolute atomic E-state index is 0. The largest absolute Gasteiger partial charge is 0.350 e. The Morgan fingerprint density at radius 1 is 1.20 bits per heavy atom. The number of hydrogen-bond donors (Lipinski definition) is 3. The number of nitrogens with two attached hydrogens (primary N) is 1. The summed E-state index contributed by atoms with van der Waals surface area (Å²) in [6.45, 7) is 5.49. The fourth-order valence-electron chi connectivity index (χ4n) is 2.95. The van der Waals surface area contributed by atoms with Crippen molar-refractivity contribution in [3.8, 4) is 0 Å². The summed E-state index contributed by atoms with van der Waals surface area (Å²) in [5.41, 5.74) is 5.27.